The molecule has 190 valence electrons. The van der Waals surface area contributed by atoms with Gasteiger partial charge in [0.15, 0.2) is 17.2 Å². The van der Waals surface area contributed by atoms with Crippen LogP contribution in [0.3, 0.4) is 0 Å². The normalized spacial score (nSPS) is 10.9. The third kappa shape index (κ3) is 6.12. The second-order valence-corrected chi connectivity index (χ2v) is 8.26. The maximum Gasteiger partial charge on any atom is 0.408 e. The van der Waals surface area contributed by atoms with Gasteiger partial charge in [-0.1, -0.05) is 42.5 Å². The number of amides is 2. The number of nitrogens with one attached hydrogen (secondary N) is 3. The number of carbonyl (C=O) groups is 2. The Bertz CT molecular complexity index is 1290. The van der Waals surface area contributed by atoms with E-state index in [-0.39, 0.29) is 19.0 Å². The predicted molar refractivity (Wildman–Crippen MR) is 130 cm³/mol. The van der Waals surface area contributed by atoms with Crippen LogP contribution in [-0.4, -0.2) is 41.3 Å². The Morgan fingerprint density at radius 1 is 1.06 bits per heavy atom. The number of rotatable bonds is 9. The van der Waals surface area contributed by atoms with Crippen molar-refractivity contribution in [1.29, 1.82) is 0 Å². The number of ether oxygens (including phenoxy) is 3. The molecule has 0 unspecified atom stereocenters. The highest BCUT2D eigenvalue weighted by Gasteiger charge is 2.29. The molecule has 0 fully saturated rings. The Morgan fingerprint density at radius 2 is 1.78 bits per heavy atom. The van der Waals surface area contributed by atoms with Gasteiger partial charge in [0.25, 0.3) is 11.5 Å². The van der Waals surface area contributed by atoms with Crippen LogP contribution in [0.1, 0.15) is 41.3 Å². The Morgan fingerprint density at radius 3 is 2.44 bits per heavy atom. The molecule has 3 aromatic rings. The molecule has 1 aromatic heterocycles. The van der Waals surface area contributed by atoms with Crippen LogP contribution in [0.15, 0.2) is 53.3 Å². The van der Waals surface area contributed by atoms with E-state index in [4.69, 9.17) is 14.2 Å². The molecule has 11 heteroatoms. The van der Waals surface area contributed by atoms with E-state index in [9.17, 15) is 19.5 Å². The lowest BCUT2D eigenvalue weighted by Crippen LogP contribution is -2.44. The average Bonchev–Trinajstić information content (AvgIpc) is 2.87. The van der Waals surface area contributed by atoms with Crippen LogP contribution in [0.5, 0.6) is 17.2 Å². The summed E-state index contributed by atoms with van der Waals surface area (Å²) in [5.41, 5.74) is -1.27. The maximum atomic E-state index is 12.8. The van der Waals surface area contributed by atoms with E-state index in [0.717, 1.165) is 5.56 Å². The van der Waals surface area contributed by atoms with E-state index < -0.39 is 34.5 Å². The van der Waals surface area contributed by atoms with Gasteiger partial charge in [0.1, 0.15) is 12.4 Å². The molecule has 0 radical (unpaired) electrons. The molecule has 0 saturated carbocycles. The van der Waals surface area contributed by atoms with E-state index in [1.54, 1.807) is 32.0 Å². The van der Waals surface area contributed by atoms with Crippen molar-refractivity contribution in [3.05, 3.63) is 81.5 Å². The van der Waals surface area contributed by atoms with Crippen molar-refractivity contribution in [1.82, 2.24) is 20.6 Å². The lowest BCUT2D eigenvalue weighted by atomic mass is 10.0. The molecular formula is C25H28N4O7. The average molecular weight is 497 g/mol. The molecule has 0 aliphatic carbocycles. The van der Waals surface area contributed by atoms with Crippen LogP contribution < -0.4 is 25.7 Å². The quantitative estimate of drug-likeness (QED) is 0.353. The van der Waals surface area contributed by atoms with Gasteiger partial charge in [0, 0.05) is 12.1 Å². The molecule has 0 spiro atoms. The highest BCUT2D eigenvalue weighted by Crippen LogP contribution is 2.30. The molecule has 36 heavy (non-hydrogen) atoms. The first-order valence-corrected chi connectivity index (χ1v) is 11.0. The van der Waals surface area contributed by atoms with E-state index in [2.05, 4.69) is 20.6 Å². The van der Waals surface area contributed by atoms with Gasteiger partial charge in [-0.25, -0.2) is 9.78 Å². The van der Waals surface area contributed by atoms with Crippen molar-refractivity contribution in [2.75, 3.05) is 14.2 Å². The first-order chi connectivity index (χ1) is 17.2. The van der Waals surface area contributed by atoms with Gasteiger partial charge in [-0.05, 0) is 25.5 Å². The summed E-state index contributed by atoms with van der Waals surface area (Å²) in [6.07, 6.45) is -0.754. The number of H-pyrrole nitrogens is 1. The predicted octanol–water partition coefficient (Wildman–Crippen LogP) is 2.58. The number of methoxy groups -OCH3 is 2. The molecule has 2 amide bonds. The first kappa shape index (κ1) is 26.1. The van der Waals surface area contributed by atoms with Crippen molar-refractivity contribution in [2.24, 2.45) is 0 Å². The number of benzene rings is 2. The molecule has 3 rings (SSSR count). The van der Waals surface area contributed by atoms with Crippen molar-refractivity contribution in [3.8, 4) is 17.2 Å². The molecule has 11 nitrogen and oxygen atoms in total. The molecular weight excluding hydrogens is 468 g/mol. The number of aromatic hydroxyl groups is 1. The van der Waals surface area contributed by atoms with Crippen molar-refractivity contribution >= 4 is 12.0 Å². The summed E-state index contributed by atoms with van der Waals surface area (Å²) in [5.74, 6) is -0.784. The SMILES string of the molecule is COc1cccc(CNC(=O)c2nc(C(C)(C)NC(=O)OCc3ccccc3)[nH]c(=O)c2O)c1OC. The fourth-order valence-electron chi connectivity index (χ4n) is 3.35. The Kier molecular flexibility index (Phi) is 8.15. The summed E-state index contributed by atoms with van der Waals surface area (Å²) in [4.78, 5) is 44.1. The third-order valence-corrected chi connectivity index (χ3v) is 5.25. The highest BCUT2D eigenvalue weighted by atomic mass is 16.5. The summed E-state index contributed by atoms with van der Waals surface area (Å²) in [7, 11) is 2.96. The third-order valence-electron chi connectivity index (χ3n) is 5.25. The van der Waals surface area contributed by atoms with Gasteiger partial charge in [0.2, 0.25) is 5.75 Å². The number of hydrogen-bond acceptors (Lipinski definition) is 8. The summed E-state index contributed by atoms with van der Waals surface area (Å²) in [5, 5.41) is 15.4. The van der Waals surface area contributed by atoms with Crippen LogP contribution in [0, 0.1) is 0 Å². The lowest BCUT2D eigenvalue weighted by Gasteiger charge is -2.25. The van der Waals surface area contributed by atoms with E-state index >= 15 is 0 Å². The second kappa shape index (κ2) is 11.3. The summed E-state index contributed by atoms with van der Waals surface area (Å²) in [6, 6.07) is 14.3. The van der Waals surface area contributed by atoms with Crippen molar-refractivity contribution in [3.63, 3.8) is 0 Å². The number of para-hydroxylation sites is 1. The largest absolute Gasteiger partial charge is 0.501 e. The maximum absolute atomic E-state index is 12.8. The molecule has 0 saturated heterocycles. The van der Waals surface area contributed by atoms with Crippen LogP contribution in [0.4, 0.5) is 4.79 Å². The first-order valence-electron chi connectivity index (χ1n) is 11.0. The molecule has 4 N–H and O–H groups in total. The fraction of sp³-hybridized carbons (Fsp3) is 0.280. The van der Waals surface area contributed by atoms with Gasteiger partial charge in [0.05, 0.1) is 19.8 Å². The molecule has 0 bridgehead atoms. The number of nitrogens with zero attached hydrogens (tertiary/aromatic N) is 1. The summed E-state index contributed by atoms with van der Waals surface area (Å²) in [6.45, 7) is 3.18. The highest BCUT2D eigenvalue weighted by molar-refractivity contribution is 5.94. The minimum atomic E-state index is -1.24. The minimum absolute atomic E-state index is 0.00984. The Labute approximate surface area is 207 Å². The molecule has 2 aromatic carbocycles. The zero-order valence-corrected chi connectivity index (χ0v) is 20.4. The zero-order chi connectivity index (χ0) is 26.3. The van der Waals surface area contributed by atoms with E-state index in [0.29, 0.717) is 17.1 Å². The van der Waals surface area contributed by atoms with Crippen LogP contribution >= 0.6 is 0 Å². The van der Waals surface area contributed by atoms with Crippen LogP contribution in [-0.2, 0) is 23.4 Å². The van der Waals surface area contributed by atoms with Crippen LogP contribution in [0.2, 0.25) is 0 Å². The van der Waals surface area contributed by atoms with Gasteiger partial charge in [-0.3, -0.25) is 9.59 Å². The van der Waals surface area contributed by atoms with E-state index in [1.807, 2.05) is 30.3 Å². The fourth-order valence-corrected chi connectivity index (χ4v) is 3.35. The van der Waals surface area contributed by atoms with Crippen molar-refractivity contribution in [2.45, 2.75) is 32.5 Å². The monoisotopic (exact) mass is 496 g/mol. The summed E-state index contributed by atoms with van der Waals surface area (Å²) >= 11 is 0. The van der Waals surface area contributed by atoms with Gasteiger partial charge < -0.3 is 34.9 Å². The standard InChI is InChI=1S/C25H28N4O7/c1-25(2,29-24(33)36-14-15-9-6-5-7-10-15)23-27-18(19(30)22(32)28-23)21(31)26-13-16-11-8-12-17(34-3)20(16)35-4/h5-12,30H,13-14H2,1-4H3,(H,26,31)(H,29,33)(H,27,28,32). The van der Waals surface area contributed by atoms with Gasteiger partial charge in [-0.15, -0.1) is 0 Å². The van der Waals surface area contributed by atoms with Crippen molar-refractivity contribution < 1.29 is 28.9 Å². The number of aromatic amines is 1. The van der Waals surface area contributed by atoms with Gasteiger partial charge >= 0.3 is 6.09 Å². The molecule has 0 aliphatic rings. The number of hydrogen-bond donors (Lipinski definition) is 4. The number of aromatic nitrogens is 2. The van der Waals surface area contributed by atoms with E-state index in [1.165, 1.54) is 14.2 Å². The molecule has 0 atom stereocenters. The molecule has 1 heterocycles. The zero-order valence-electron chi connectivity index (χ0n) is 20.4. The topological polar surface area (TPSA) is 152 Å². The number of carbonyl (C=O) groups excluding carboxylic acids is 2. The minimum Gasteiger partial charge on any atom is -0.501 e. The smallest absolute Gasteiger partial charge is 0.408 e. The lowest BCUT2D eigenvalue weighted by molar-refractivity contribution is 0.0941. The van der Waals surface area contributed by atoms with Gasteiger partial charge in [-0.2, -0.15) is 0 Å². The van der Waals surface area contributed by atoms with Crippen LogP contribution in [0.25, 0.3) is 0 Å². The molecule has 0 aliphatic heterocycles. The summed E-state index contributed by atoms with van der Waals surface area (Å²) < 4.78 is 15.8. The Balaban J connectivity index is 1.75. The second-order valence-electron chi connectivity index (χ2n) is 8.26. The Hall–Kier alpha value is -4.54. The number of alkyl carbamates (subject to hydrolysis) is 1.